The highest BCUT2D eigenvalue weighted by Gasteiger charge is 2.19. The SMILES string of the molecule is CCOC(=O)CC(c1ccc2ccccc2c1)N(C)C. The molecule has 3 heteroatoms. The molecule has 0 bridgehead atoms. The van der Waals surface area contributed by atoms with Crippen molar-refractivity contribution in [1.29, 1.82) is 0 Å². The summed E-state index contributed by atoms with van der Waals surface area (Å²) >= 11 is 0. The fourth-order valence-electron chi connectivity index (χ4n) is 2.39. The van der Waals surface area contributed by atoms with E-state index in [0.29, 0.717) is 13.0 Å². The molecule has 20 heavy (non-hydrogen) atoms. The number of nitrogens with zero attached hydrogens (tertiary/aromatic N) is 1. The van der Waals surface area contributed by atoms with Crippen LogP contribution in [0.1, 0.15) is 24.9 Å². The number of ether oxygens (including phenoxy) is 1. The zero-order valence-corrected chi connectivity index (χ0v) is 12.3. The summed E-state index contributed by atoms with van der Waals surface area (Å²) in [7, 11) is 3.97. The minimum absolute atomic E-state index is 0.0404. The molecule has 0 saturated heterocycles. The van der Waals surface area contributed by atoms with Gasteiger partial charge in [-0.3, -0.25) is 4.79 Å². The molecule has 0 heterocycles. The van der Waals surface area contributed by atoms with E-state index >= 15 is 0 Å². The Morgan fingerprint density at radius 2 is 1.85 bits per heavy atom. The van der Waals surface area contributed by atoms with Gasteiger partial charge >= 0.3 is 5.97 Å². The molecular weight excluding hydrogens is 250 g/mol. The van der Waals surface area contributed by atoms with Crippen molar-refractivity contribution in [3.8, 4) is 0 Å². The van der Waals surface area contributed by atoms with Gasteiger partial charge in [0.2, 0.25) is 0 Å². The number of esters is 1. The van der Waals surface area contributed by atoms with Gasteiger partial charge in [-0.1, -0.05) is 36.4 Å². The number of hydrogen-bond donors (Lipinski definition) is 0. The fourth-order valence-corrected chi connectivity index (χ4v) is 2.39. The summed E-state index contributed by atoms with van der Waals surface area (Å²) in [4.78, 5) is 13.8. The third-order valence-corrected chi connectivity index (χ3v) is 3.45. The van der Waals surface area contributed by atoms with Crippen molar-refractivity contribution in [2.45, 2.75) is 19.4 Å². The van der Waals surface area contributed by atoms with Crippen LogP contribution in [0.5, 0.6) is 0 Å². The van der Waals surface area contributed by atoms with Crippen molar-refractivity contribution < 1.29 is 9.53 Å². The van der Waals surface area contributed by atoms with E-state index in [9.17, 15) is 4.79 Å². The summed E-state index contributed by atoms with van der Waals surface area (Å²) in [6.45, 7) is 2.26. The lowest BCUT2D eigenvalue weighted by atomic mass is 9.99. The molecule has 1 atom stereocenters. The van der Waals surface area contributed by atoms with Crippen LogP contribution in [0, 0.1) is 0 Å². The number of rotatable bonds is 5. The van der Waals surface area contributed by atoms with Gasteiger partial charge < -0.3 is 9.64 Å². The zero-order valence-electron chi connectivity index (χ0n) is 12.3. The highest BCUT2D eigenvalue weighted by atomic mass is 16.5. The van der Waals surface area contributed by atoms with Crippen LogP contribution in [0.25, 0.3) is 10.8 Å². The Morgan fingerprint density at radius 1 is 1.15 bits per heavy atom. The van der Waals surface area contributed by atoms with Crippen molar-refractivity contribution in [2.75, 3.05) is 20.7 Å². The molecule has 0 fully saturated rings. The molecular formula is C17H21NO2. The molecule has 2 rings (SSSR count). The third kappa shape index (κ3) is 3.36. The van der Waals surface area contributed by atoms with Gasteiger partial charge in [0.05, 0.1) is 13.0 Å². The second-order valence-corrected chi connectivity index (χ2v) is 5.10. The van der Waals surface area contributed by atoms with Gasteiger partial charge in [0, 0.05) is 6.04 Å². The molecule has 0 saturated carbocycles. The average molecular weight is 271 g/mol. The maximum atomic E-state index is 11.7. The summed E-state index contributed by atoms with van der Waals surface area (Å²) in [5.41, 5.74) is 1.14. The summed E-state index contributed by atoms with van der Waals surface area (Å²) in [6, 6.07) is 14.6. The Morgan fingerprint density at radius 3 is 2.50 bits per heavy atom. The number of carbonyl (C=O) groups excluding carboxylic acids is 1. The first kappa shape index (κ1) is 14.5. The number of hydrogen-bond acceptors (Lipinski definition) is 3. The standard InChI is InChI=1S/C17H21NO2/c1-4-20-17(19)12-16(18(2)3)15-10-9-13-7-5-6-8-14(13)11-15/h5-11,16H,4,12H2,1-3H3. The van der Waals surface area contributed by atoms with Crippen molar-refractivity contribution in [3.63, 3.8) is 0 Å². The lowest BCUT2D eigenvalue weighted by molar-refractivity contribution is -0.144. The van der Waals surface area contributed by atoms with Gasteiger partial charge in [-0.2, -0.15) is 0 Å². The van der Waals surface area contributed by atoms with E-state index in [0.717, 1.165) is 5.56 Å². The Bertz CT molecular complexity index is 592. The minimum Gasteiger partial charge on any atom is -0.466 e. The zero-order chi connectivity index (χ0) is 14.5. The van der Waals surface area contributed by atoms with E-state index in [2.05, 4.69) is 35.2 Å². The van der Waals surface area contributed by atoms with Gasteiger partial charge in [-0.15, -0.1) is 0 Å². The molecule has 2 aromatic carbocycles. The Hall–Kier alpha value is -1.87. The van der Waals surface area contributed by atoms with E-state index in [1.165, 1.54) is 10.8 Å². The first-order chi connectivity index (χ1) is 9.61. The first-order valence-electron chi connectivity index (χ1n) is 6.92. The van der Waals surface area contributed by atoms with Gasteiger partial charge in [0.15, 0.2) is 0 Å². The lowest BCUT2D eigenvalue weighted by Crippen LogP contribution is -2.23. The van der Waals surface area contributed by atoms with E-state index in [1.807, 2.05) is 33.2 Å². The van der Waals surface area contributed by atoms with Crippen LogP contribution >= 0.6 is 0 Å². The summed E-state index contributed by atoms with van der Waals surface area (Å²) in [5.74, 6) is -0.153. The topological polar surface area (TPSA) is 29.5 Å². The molecule has 0 aliphatic carbocycles. The van der Waals surface area contributed by atoms with Crippen LogP contribution < -0.4 is 0 Å². The predicted molar refractivity (Wildman–Crippen MR) is 81.6 cm³/mol. The normalized spacial score (nSPS) is 12.6. The van der Waals surface area contributed by atoms with Crippen molar-refractivity contribution in [1.82, 2.24) is 4.90 Å². The Kier molecular flexibility index (Phi) is 4.74. The van der Waals surface area contributed by atoms with E-state index in [1.54, 1.807) is 0 Å². The molecule has 0 aliphatic heterocycles. The van der Waals surface area contributed by atoms with Gasteiger partial charge in [0.1, 0.15) is 0 Å². The van der Waals surface area contributed by atoms with Gasteiger partial charge in [0.25, 0.3) is 0 Å². The highest BCUT2D eigenvalue weighted by Crippen LogP contribution is 2.26. The van der Waals surface area contributed by atoms with Crippen LogP contribution in [-0.4, -0.2) is 31.6 Å². The number of benzene rings is 2. The molecule has 106 valence electrons. The smallest absolute Gasteiger partial charge is 0.307 e. The Balaban J connectivity index is 2.29. The maximum absolute atomic E-state index is 11.7. The quantitative estimate of drug-likeness (QED) is 0.781. The molecule has 0 amide bonds. The average Bonchev–Trinajstić information content (AvgIpc) is 2.44. The van der Waals surface area contributed by atoms with Crippen LogP contribution in [0.2, 0.25) is 0 Å². The summed E-state index contributed by atoms with van der Waals surface area (Å²) in [5, 5.41) is 2.41. The molecule has 1 unspecified atom stereocenters. The second kappa shape index (κ2) is 6.53. The van der Waals surface area contributed by atoms with E-state index in [4.69, 9.17) is 4.74 Å². The molecule has 2 aromatic rings. The number of fused-ring (bicyclic) bond motifs is 1. The molecule has 0 N–H and O–H groups in total. The van der Waals surface area contributed by atoms with Crippen molar-refractivity contribution in [3.05, 3.63) is 48.0 Å². The molecule has 0 aliphatic rings. The number of carbonyl (C=O) groups is 1. The summed E-state index contributed by atoms with van der Waals surface area (Å²) < 4.78 is 5.07. The molecule has 3 nitrogen and oxygen atoms in total. The molecule has 0 aromatic heterocycles. The lowest BCUT2D eigenvalue weighted by Gasteiger charge is -2.24. The third-order valence-electron chi connectivity index (χ3n) is 3.45. The van der Waals surface area contributed by atoms with Crippen LogP contribution in [0.3, 0.4) is 0 Å². The fraction of sp³-hybridized carbons (Fsp3) is 0.353. The largest absolute Gasteiger partial charge is 0.466 e. The molecule has 0 spiro atoms. The van der Waals surface area contributed by atoms with Gasteiger partial charge in [-0.05, 0) is 43.4 Å². The Labute approximate surface area is 120 Å². The maximum Gasteiger partial charge on any atom is 0.307 e. The van der Waals surface area contributed by atoms with Crippen LogP contribution in [0.15, 0.2) is 42.5 Å². The predicted octanol–water partition coefficient (Wildman–Crippen LogP) is 3.40. The van der Waals surface area contributed by atoms with Crippen molar-refractivity contribution in [2.24, 2.45) is 0 Å². The van der Waals surface area contributed by atoms with E-state index < -0.39 is 0 Å². The molecule has 0 radical (unpaired) electrons. The highest BCUT2D eigenvalue weighted by molar-refractivity contribution is 5.83. The monoisotopic (exact) mass is 271 g/mol. The van der Waals surface area contributed by atoms with Crippen LogP contribution in [-0.2, 0) is 9.53 Å². The van der Waals surface area contributed by atoms with Gasteiger partial charge in [-0.25, -0.2) is 0 Å². The van der Waals surface area contributed by atoms with E-state index in [-0.39, 0.29) is 12.0 Å². The summed E-state index contributed by atoms with van der Waals surface area (Å²) in [6.07, 6.45) is 0.374. The van der Waals surface area contributed by atoms with Crippen LogP contribution in [0.4, 0.5) is 0 Å². The second-order valence-electron chi connectivity index (χ2n) is 5.10. The minimum atomic E-state index is -0.153. The van der Waals surface area contributed by atoms with Crippen molar-refractivity contribution >= 4 is 16.7 Å². The first-order valence-corrected chi connectivity index (χ1v) is 6.92.